The molecule has 2 amide bonds. The Morgan fingerprint density at radius 3 is 2.76 bits per heavy atom. The van der Waals surface area contributed by atoms with Gasteiger partial charge in [-0.25, -0.2) is 0 Å². The monoisotopic (exact) mass is 345 g/mol. The van der Waals surface area contributed by atoms with Crippen LogP contribution in [-0.4, -0.2) is 40.5 Å². The van der Waals surface area contributed by atoms with Crippen molar-refractivity contribution in [2.45, 2.75) is 39.2 Å². The first kappa shape index (κ1) is 17.4. The molecule has 0 aromatic carbocycles. The van der Waals surface area contributed by atoms with Crippen molar-refractivity contribution >= 4 is 23.5 Å². The fourth-order valence-electron chi connectivity index (χ4n) is 3.78. The topological polar surface area (TPSA) is 99.6 Å². The minimum atomic E-state index is -0.995. The van der Waals surface area contributed by atoms with Crippen LogP contribution in [0.15, 0.2) is 24.5 Å². The quantitative estimate of drug-likeness (QED) is 0.841. The van der Waals surface area contributed by atoms with Gasteiger partial charge in [-0.2, -0.15) is 0 Å². The van der Waals surface area contributed by atoms with Gasteiger partial charge >= 0.3 is 5.97 Å². The van der Waals surface area contributed by atoms with E-state index >= 15 is 0 Å². The van der Waals surface area contributed by atoms with Crippen LogP contribution in [0.25, 0.3) is 0 Å². The molecule has 0 radical (unpaired) electrons. The Hall–Kier alpha value is -2.44. The van der Waals surface area contributed by atoms with Gasteiger partial charge in [-0.1, -0.05) is 13.8 Å². The third-order valence-corrected chi connectivity index (χ3v) is 5.46. The van der Waals surface area contributed by atoms with Gasteiger partial charge in [0.25, 0.3) is 0 Å². The average molecular weight is 345 g/mol. The lowest BCUT2D eigenvalue weighted by Crippen LogP contribution is -2.53. The van der Waals surface area contributed by atoms with E-state index in [1.165, 1.54) is 0 Å². The molecule has 1 aliphatic heterocycles. The number of rotatable bonds is 5. The van der Waals surface area contributed by atoms with Gasteiger partial charge in [0.1, 0.15) is 6.04 Å². The van der Waals surface area contributed by atoms with Crippen LogP contribution in [0.1, 0.15) is 33.1 Å². The molecule has 1 aliphatic carbocycles. The second-order valence-electron chi connectivity index (χ2n) is 7.16. The van der Waals surface area contributed by atoms with E-state index in [1.807, 2.05) is 19.9 Å². The molecule has 3 unspecified atom stereocenters. The first-order valence-electron chi connectivity index (χ1n) is 8.63. The van der Waals surface area contributed by atoms with Crippen molar-refractivity contribution in [3.8, 4) is 0 Å². The van der Waals surface area contributed by atoms with E-state index in [4.69, 9.17) is 0 Å². The van der Waals surface area contributed by atoms with Crippen molar-refractivity contribution < 1.29 is 19.5 Å². The Morgan fingerprint density at radius 2 is 2.20 bits per heavy atom. The van der Waals surface area contributed by atoms with Crippen LogP contribution in [0.2, 0.25) is 0 Å². The lowest BCUT2D eigenvalue weighted by atomic mass is 9.89. The second kappa shape index (κ2) is 6.46. The SMILES string of the molecule is CC(C)C1(C(=O)O)CC1C(=O)NC1CCCN(c2cccnc2)C1=O. The smallest absolute Gasteiger partial charge is 0.310 e. The van der Waals surface area contributed by atoms with Gasteiger partial charge in [-0.05, 0) is 37.3 Å². The van der Waals surface area contributed by atoms with Crippen molar-refractivity contribution in [1.29, 1.82) is 0 Å². The molecule has 0 bridgehead atoms. The highest BCUT2D eigenvalue weighted by Gasteiger charge is 2.65. The predicted octanol–water partition coefficient (Wildman–Crippen LogP) is 1.44. The molecule has 1 saturated carbocycles. The van der Waals surface area contributed by atoms with E-state index in [2.05, 4.69) is 10.3 Å². The highest BCUT2D eigenvalue weighted by atomic mass is 16.4. The number of nitrogens with zero attached hydrogens (tertiary/aromatic N) is 2. The summed E-state index contributed by atoms with van der Waals surface area (Å²) in [5.74, 6) is -2.13. The van der Waals surface area contributed by atoms with Crippen LogP contribution in [0.5, 0.6) is 0 Å². The number of carboxylic acids is 1. The number of carbonyl (C=O) groups excluding carboxylic acids is 2. The van der Waals surface area contributed by atoms with Crippen LogP contribution in [0.3, 0.4) is 0 Å². The molecule has 1 aromatic rings. The number of carbonyl (C=O) groups is 3. The van der Waals surface area contributed by atoms with Crippen molar-refractivity contribution in [3.63, 3.8) is 0 Å². The van der Waals surface area contributed by atoms with Gasteiger partial charge < -0.3 is 15.3 Å². The molecular weight excluding hydrogens is 322 g/mol. The molecule has 134 valence electrons. The van der Waals surface area contributed by atoms with Crippen molar-refractivity contribution in [2.24, 2.45) is 17.3 Å². The molecular formula is C18H23N3O4. The largest absolute Gasteiger partial charge is 0.481 e. The molecule has 2 N–H and O–H groups in total. The van der Waals surface area contributed by atoms with E-state index in [0.29, 0.717) is 25.1 Å². The number of aromatic nitrogens is 1. The maximum Gasteiger partial charge on any atom is 0.310 e. The van der Waals surface area contributed by atoms with Crippen molar-refractivity contribution in [2.75, 3.05) is 11.4 Å². The van der Waals surface area contributed by atoms with Crippen LogP contribution in [0, 0.1) is 17.3 Å². The summed E-state index contributed by atoms with van der Waals surface area (Å²) in [7, 11) is 0. The molecule has 0 spiro atoms. The van der Waals surface area contributed by atoms with E-state index in [1.54, 1.807) is 23.4 Å². The Bertz CT molecular complexity index is 691. The summed E-state index contributed by atoms with van der Waals surface area (Å²) in [4.78, 5) is 42.5. The molecule has 3 rings (SSSR count). The number of hydrogen-bond acceptors (Lipinski definition) is 4. The lowest BCUT2D eigenvalue weighted by molar-refractivity contribution is -0.147. The summed E-state index contributed by atoms with van der Waals surface area (Å²) >= 11 is 0. The normalized spacial score (nSPS) is 28.8. The number of anilines is 1. The summed E-state index contributed by atoms with van der Waals surface area (Å²) in [6, 6.07) is 2.96. The molecule has 7 heteroatoms. The van der Waals surface area contributed by atoms with Crippen LogP contribution >= 0.6 is 0 Å². The highest BCUT2D eigenvalue weighted by Crippen LogP contribution is 2.58. The average Bonchev–Trinajstić information content (AvgIpc) is 3.35. The lowest BCUT2D eigenvalue weighted by Gasteiger charge is -2.32. The maximum absolute atomic E-state index is 12.7. The van der Waals surface area contributed by atoms with E-state index in [0.717, 1.165) is 6.42 Å². The van der Waals surface area contributed by atoms with E-state index in [-0.39, 0.29) is 17.7 Å². The van der Waals surface area contributed by atoms with Gasteiger partial charge in [-0.15, -0.1) is 0 Å². The second-order valence-corrected chi connectivity index (χ2v) is 7.16. The number of amides is 2. The molecule has 2 heterocycles. The van der Waals surface area contributed by atoms with Crippen molar-refractivity contribution in [3.05, 3.63) is 24.5 Å². The Morgan fingerprint density at radius 1 is 1.44 bits per heavy atom. The fraction of sp³-hybridized carbons (Fsp3) is 0.556. The Labute approximate surface area is 146 Å². The number of pyridine rings is 1. The Kier molecular flexibility index (Phi) is 4.49. The minimum Gasteiger partial charge on any atom is -0.481 e. The zero-order valence-corrected chi connectivity index (χ0v) is 14.4. The third-order valence-electron chi connectivity index (χ3n) is 5.46. The minimum absolute atomic E-state index is 0.130. The molecule has 1 saturated heterocycles. The van der Waals surface area contributed by atoms with Crippen molar-refractivity contribution in [1.82, 2.24) is 10.3 Å². The van der Waals surface area contributed by atoms with Gasteiger partial charge in [0.05, 0.1) is 23.2 Å². The molecule has 2 aliphatic rings. The first-order chi connectivity index (χ1) is 11.9. The standard InChI is InChI=1S/C18H23N3O4/c1-11(2)18(17(24)25)9-13(18)15(22)20-14-6-4-8-21(16(14)23)12-5-3-7-19-10-12/h3,5,7,10-11,13-14H,4,6,8-9H2,1-2H3,(H,20,22)(H,24,25). The van der Waals surface area contributed by atoms with Gasteiger partial charge in [0.15, 0.2) is 0 Å². The molecule has 2 fully saturated rings. The molecule has 25 heavy (non-hydrogen) atoms. The zero-order valence-electron chi connectivity index (χ0n) is 14.4. The van der Waals surface area contributed by atoms with Crippen LogP contribution in [-0.2, 0) is 14.4 Å². The summed E-state index contributed by atoms with van der Waals surface area (Å²) in [6.07, 6.45) is 4.93. The number of hydrogen-bond donors (Lipinski definition) is 2. The van der Waals surface area contributed by atoms with Crippen LogP contribution in [0.4, 0.5) is 5.69 Å². The molecule has 7 nitrogen and oxygen atoms in total. The predicted molar refractivity (Wildman–Crippen MR) is 90.8 cm³/mol. The van der Waals surface area contributed by atoms with E-state index in [9.17, 15) is 19.5 Å². The van der Waals surface area contributed by atoms with Crippen LogP contribution < -0.4 is 10.2 Å². The molecule has 1 aromatic heterocycles. The number of carboxylic acid groups (broad SMARTS) is 1. The molecule has 3 atom stereocenters. The first-order valence-corrected chi connectivity index (χ1v) is 8.63. The van der Waals surface area contributed by atoms with Gasteiger partial charge in [-0.3, -0.25) is 19.4 Å². The van der Waals surface area contributed by atoms with E-state index < -0.39 is 23.3 Å². The summed E-state index contributed by atoms with van der Waals surface area (Å²) in [5, 5.41) is 12.3. The maximum atomic E-state index is 12.7. The summed E-state index contributed by atoms with van der Waals surface area (Å²) in [6.45, 7) is 4.22. The third kappa shape index (κ3) is 2.99. The summed E-state index contributed by atoms with van der Waals surface area (Å²) < 4.78 is 0. The Balaban J connectivity index is 1.68. The van der Waals surface area contributed by atoms with Gasteiger partial charge in [0, 0.05) is 12.7 Å². The van der Waals surface area contributed by atoms with Gasteiger partial charge in [0.2, 0.25) is 11.8 Å². The fourth-order valence-corrected chi connectivity index (χ4v) is 3.78. The zero-order chi connectivity index (χ0) is 18.2. The number of nitrogens with one attached hydrogen (secondary N) is 1. The summed E-state index contributed by atoms with van der Waals surface area (Å²) in [5.41, 5.74) is -0.287. The number of piperidine rings is 1. The number of aliphatic carboxylic acids is 1. The highest BCUT2D eigenvalue weighted by molar-refractivity contribution is 6.01.